The maximum absolute atomic E-state index is 11.4. The molecule has 15 heteroatoms. The van der Waals surface area contributed by atoms with Crippen molar-refractivity contribution in [1.29, 1.82) is 0 Å². The minimum atomic E-state index is -0.945. The molecule has 72 heavy (non-hydrogen) atoms. The smallest absolute Gasteiger partial charge is 0.335 e. The third kappa shape index (κ3) is 19.7. The summed E-state index contributed by atoms with van der Waals surface area (Å²) in [5.74, 6) is -1.01. The van der Waals surface area contributed by atoms with Gasteiger partial charge in [-0.05, 0) is 148 Å². The highest BCUT2D eigenvalue weighted by molar-refractivity contribution is 6.21. The van der Waals surface area contributed by atoms with Gasteiger partial charge in [0.15, 0.2) is 17.5 Å². The lowest BCUT2D eigenvalue weighted by molar-refractivity contribution is 0.0684. The number of aromatic carboxylic acids is 3. The van der Waals surface area contributed by atoms with Gasteiger partial charge in [-0.2, -0.15) is 0 Å². The monoisotopic (exact) mass is 1040 g/mol. The first-order chi connectivity index (χ1) is 34.5. The molecule has 0 saturated carbocycles. The minimum Gasteiger partial charge on any atom is -0.478 e. The standard InChI is InChI=1S/C20H25ClN2O2.C19H23ClN2O2.C18H21ClN2O2/c1-3-4-5-6-7-15-12-22-19(23-13-15)16-8-9-18(20(24)25)17(11-16)10-14(2)21;1-3-4-5-6-14-11-21-18(22-12-14)15-7-8-17(19(23)24)16(10-15)9-13(2)20;1-3-4-5-13-10-20-17(21-11-13)14-6-7-16(18(22)23)15(9-14)8-12(2)19/h8-9,11-14H,3-7,10H2,1-2H3,(H,24,25);7-8,10-13H,3-6,9H2,1-2H3,(H,23,24);6-7,9-12H,3-5,8H2,1-2H3,(H,22,23)/t14-;13-;12-/m111/s1. The van der Waals surface area contributed by atoms with Crippen LogP contribution in [0.15, 0.2) is 91.8 Å². The molecule has 0 fully saturated rings. The Labute approximate surface area is 440 Å². The zero-order valence-corrected chi connectivity index (χ0v) is 44.7. The van der Waals surface area contributed by atoms with Gasteiger partial charge in [0, 0.05) is 70.0 Å². The normalized spacial score (nSPS) is 12.1. The Morgan fingerprint density at radius 2 is 0.681 bits per heavy atom. The van der Waals surface area contributed by atoms with Crippen molar-refractivity contribution >= 4 is 52.7 Å². The SMILES string of the molecule is CCCCCCc1cnc(-c2ccc(C(=O)O)c(C[C@@H](C)Cl)c2)nc1.CCCCCc1cnc(-c2ccc(C(=O)O)c(C[C@@H](C)Cl)c2)nc1.CCCCc1cnc(-c2ccc(C(=O)O)c(C[C@@H](C)Cl)c2)nc1. The van der Waals surface area contributed by atoms with Gasteiger partial charge in [-0.3, -0.25) is 0 Å². The first-order valence-electron chi connectivity index (χ1n) is 25.0. The average molecular weight is 1040 g/mol. The summed E-state index contributed by atoms with van der Waals surface area (Å²) in [6.45, 7) is 12.1. The Morgan fingerprint density at radius 3 is 0.944 bits per heavy atom. The quantitative estimate of drug-likeness (QED) is 0.0385. The summed E-state index contributed by atoms with van der Waals surface area (Å²) in [5.41, 5.74) is 8.78. The molecule has 0 spiro atoms. The molecule has 3 aromatic carbocycles. The number of rotatable bonds is 24. The number of halogens is 3. The molecule has 3 atom stereocenters. The molecular weight excluding hydrogens is 971 g/mol. The van der Waals surface area contributed by atoms with E-state index >= 15 is 0 Å². The Balaban J connectivity index is 0.000000235. The topological polar surface area (TPSA) is 189 Å². The molecule has 0 aliphatic carbocycles. The Hall–Kier alpha value is -5.82. The maximum Gasteiger partial charge on any atom is 0.335 e. The molecule has 6 rings (SSSR count). The lowest BCUT2D eigenvalue weighted by Crippen LogP contribution is -2.07. The Bertz CT molecular complexity index is 2630. The molecule has 0 radical (unpaired) electrons. The summed E-state index contributed by atoms with van der Waals surface area (Å²) < 4.78 is 0. The van der Waals surface area contributed by atoms with Gasteiger partial charge >= 0.3 is 17.9 Å². The molecule has 0 aliphatic rings. The van der Waals surface area contributed by atoms with Crippen LogP contribution in [0.1, 0.15) is 164 Å². The van der Waals surface area contributed by atoms with Crippen molar-refractivity contribution in [2.24, 2.45) is 0 Å². The number of carbonyl (C=O) groups is 3. The molecule has 0 unspecified atom stereocenters. The van der Waals surface area contributed by atoms with Crippen LogP contribution in [0.2, 0.25) is 0 Å². The van der Waals surface area contributed by atoms with E-state index in [1.165, 1.54) is 32.1 Å². The van der Waals surface area contributed by atoms with Crippen molar-refractivity contribution in [2.75, 3.05) is 0 Å². The Morgan fingerprint density at radius 1 is 0.417 bits per heavy atom. The van der Waals surface area contributed by atoms with E-state index in [4.69, 9.17) is 34.8 Å². The molecule has 12 nitrogen and oxygen atoms in total. The lowest BCUT2D eigenvalue weighted by Gasteiger charge is -2.10. The van der Waals surface area contributed by atoms with Crippen molar-refractivity contribution in [3.05, 3.63) is 142 Å². The number of aryl methyl sites for hydroxylation is 3. The van der Waals surface area contributed by atoms with Crippen LogP contribution in [-0.4, -0.2) is 79.3 Å². The summed E-state index contributed by atoms with van der Waals surface area (Å²) in [4.78, 5) is 60.6. The highest BCUT2D eigenvalue weighted by Crippen LogP contribution is 2.25. The van der Waals surface area contributed by atoms with Crippen molar-refractivity contribution in [1.82, 2.24) is 29.9 Å². The van der Waals surface area contributed by atoms with Crippen LogP contribution in [-0.2, 0) is 38.5 Å². The zero-order valence-electron chi connectivity index (χ0n) is 42.4. The second-order valence-electron chi connectivity index (χ2n) is 18.1. The van der Waals surface area contributed by atoms with E-state index in [-0.39, 0.29) is 32.8 Å². The van der Waals surface area contributed by atoms with Crippen molar-refractivity contribution in [3.8, 4) is 34.2 Å². The highest BCUT2D eigenvalue weighted by Gasteiger charge is 2.17. The molecule has 3 heterocycles. The first kappa shape index (κ1) is 58.7. The summed E-state index contributed by atoms with van der Waals surface area (Å²) in [7, 11) is 0. The fourth-order valence-corrected chi connectivity index (χ4v) is 8.35. The summed E-state index contributed by atoms with van der Waals surface area (Å²) >= 11 is 18.1. The van der Waals surface area contributed by atoms with Crippen LogP contribution >= 0.6 is 34.8 Å². The highest BCUT2D eigenvalue weighted by atomic mass is 35.5. The number of hydrogen-bond acceptors (Lipinski definition) is 9. The Kier molecular flexibility index (Phi) is 25.2. The molecule has 0 aliphatic heterocycles. The lowest BCUT2D eigenvalue weighted by atomic mass is 9.99. The second-order valence-corrected chi connectivity index (χ2v) is 20.3. The van der Waals surface area contributed by atoms with Crippen molar-refractivity contribution in [2.45, 2.75) is 154 Å². The van der Waals surface area contributed by atoms with E-state index in [0.717, 1.165) is 78.3 Å². The van der Waals surface area contributed by atoms with Crippen LogP contribution in [0.3, 0.4) is 0 Å². The molecular formula is C57H69Cl3N6O6. The van der Waals surface area contributed by atoms with E-state index in [2.05, 4.69) is 50.7 Å². The van der Waals surface area contributed by atoms with Crippen LogP contribution < -0.4 is 0 Å². The van der Waals surface area contributed by atoms with E-state index in [1.54, 1.807) is 36.4 Å². The number of alkyl halides is 3. The predicted octanol–water partition coefficient (Wildman–Crippen LogP) is 14.2. The second kappa shape index (κ2) is 30.9. The molecule has 0 saturated heterocycles. The summed E-state index contributed by atoms with van der Waals surface area (Å²) in [5, 5.41) is 27.5. The van der Waals surface area contributed by atoms with E-state index in [9.17, 15) is 29.7 Å². The van der Waals surface area contributed by atoms with Crippen LogP contribution in [0, 0.1) is 0 Å². The van der Waals surface area contributed by atoms with Gasteiger partial charge in [-0.25, -0.2) is 44.3 Å². The first-order valence-corrected chi connectivity index (χ1v) is 26.3. The molecule has 3 N–H and O–H groups in total. The predicted molar refractivity (Wildman–Crippen MR) is 290 cm³/mol. The number of carboxylic acid groups (broad SMARTS) is 3. The number of hydrogen-bond donors (Lipinski definition) is 3. The zero-order chi connectivity index (χ0) is 52.6. The van der Waals surface area contributed by atoms with Crippen molar-refractivity contribution in [3.63, 3.8) is 0 Å². The third-order valence-corrected chi connectivity index (χ3v) is 12.1. The van der Waals surface area contributed by atoms with E-state index < -0.39 is 17.9 Å². The molecule has 384 valence electrons. The molecule has 0 amide bonds. The van der Waals surface area contributed by atoms with Gasteiger partial charge in [-0.15, -0.1) is 34.8 Å². The molecule has 0 bridgehead atoms. The number of benzene rings is 3. The minimum absolute atomic E-state index is 0.138. The van der Waals surface area contributed by atoms with Gasteiger partial charge in [0.05, 0.1) is 16.7 Å². The van der Waals surface area contributed by atoms with Gasteiger partial charge in [-0.1, -0.05) is 77.5 Å². The van der Waals surface area contributed by atoms with Crippen LogP contribution in [0.4, 0.5) is 0 Å². The van der Waals surface area contributed by atoms with Gasteiger partial charge in [0.2, 0.25) is 0 Å². The number of unbranched alkanes of at least 4 members (excludes halogenated alkanes) is 6. The van der Waals surface area contributed by atoms with Gasteiger partial charge in [0.25, 0.3) is 0 Å². The third-order valence-electron chi connectivity index (χ3n) is 11.6. The van der Waals surface area contributed by atoms with Gasteiger partial charge in [0.1, 0.15) is 0 Å². The summed E-state index contributed by atoms with van der Waals surface area (Å²) in [6, 6.07) is 15.5. The van der Waals surface area contributed by atoms with Gasteiger partial charge < -0.3 is 15.3 Å². The van der Waals surface area contributed by atoms with Crippen LogP contribution in [0.25, 0.3) is 34.2 Å². The number of carboxylic acids is 3. The van der Waals surface area contributed by atoms with Crippen molar-refractivity contribution < 1.29 is 29.7 Å². The maximum atomic E-state index is 11.4. The summed E-state index contributed by atoms with van der Waals surface area (Å²) in [6.07, 6.45) is 26.2. The largest absolute Gasteiger partial charge is 0.478 e. The fraction of sp³-hybridized carbons (Fsp3) is 0.421. The molecule has 6 aromatic rings. The molecule has 3 aromatic heterocycles. The number of aromatic nitrogens is 6. The average Bonchev–Trinajstić information content (AvgIpc) is 3.35. The van der Waals surface area contributed by atoms with Crippen LogP contribution in [0.5, 0.6) is 0 Å². The van der Waals surface area contributed by atoms with E-state index in [0.29, 0.717) is 53.4 Å². The fourth-order valence-electron chi connectivity index (χ4n) is 7.85. The number of nitrogens with zero attached hydrogens (tertiary/aromatic N) is 6. The van der Waals surface area contributed by atoms with E-state index in [1.807, 2.05) is 76.2 Å².